The van der Waals surface area contributed by atoms with Gasteiger partial charge in [-0.25, -0.2) is 0 Å². The highest BCUT2D eigenvalue weighted by Crippen LogP contribution is 2.35. The molecule has 1 heterocycles. The van der Waals surface area contributed by atoms with Crippen LogP contribution in [-0.2, 0) is 4.79 Å². The highest BCUT2D eigenvalue weighted by atomic mass is 79.9. The Labute approximate surface area is 180 Å². The van der Waals surface area contributed by atoms with Gasteiger partial charge in [0.25, 0.3) is 0 Å². The Hall–Kier alpha value is -1.34. The average Bonchev–Trinajstić information content (AvgIpc) is 3.11. The fourth-order valence-corrected chi connectivity index (χ4v) is 4.51. The maximum Gasteiger partial charge on any atom is 0.230 e. The van der Waals surface area contributed by atoms with E-state index in [0.717, 1.165) is 33.9 Å². The molecule has 7 heteroatoms. The van der Waals surface area contributed by atoms with Crippen LogP contribution in [0.3, 0.4) is 0 Å². The van der Waals surface area contributed by atoms with Crippen molar-refractivity contribution >= 4 is 33.6 Å². The number of benzene rings is 1. The first-order valence-electron chi connectivity index (χ1n) is 10.1. The Kier molecular flexibility index (Phi) is 7.57. The Bertz CT molecular complexity index is 784. The van der Waals surface area contributed by atoms with Gasteiger partial charge in [0.05, 0.1) is 5.75 Å². The van der Waals surface area contributed by atoms with Crippen LogP contribution in [0.5, 0.6) is 0 Å². The van der Waals surface area contributed by atoms with Gasteiger partial charge in [-0.2, -0.15) is 0 Å². The Morgan fingerprint density at radius 2 is 1.86 bits per heavy atom. The maximum absolute atomic E-state index is 12.3. The summed E-state index contributed by atoms with van der Waals surface area (Å²) in [4.78, 5) is 12.3. The van der Waals surface area contributed by atoms with Gasteiger partial charge >= 0.3 is 0 Å². The third-order valence-electron chi connectivity index (χ3n) is 5.43. The van der Waals surface area contributed by atoms with Gasteiger partial charge in [-0.1, -0.05) is 72.9 Å². The molecule has 1 atom stereocenters. The predicted molar refractivity (Wildman–Crippen MR) is 118 cm³/mol. The van der Waals surface area contributed by atoms with Crippen molar-refractivity contribution in [1.29, 1.82) is 0 Å². The summed E-state index contributed by atoms with van der Waals surface area (Å²) < 4.78 is 3.32. The third kappa shape index (κ3) is 5.38. The molecule has 2 aromatic rings. The molecule has 1 unspecified atom stereocenters. The van der Waals surface area contributed by atoms with E-state index in [-0.39, 0.29) is 11.9 Å². The van der Waals surface area contributed by atoms with Crippen molar-refractivity contribution in [2.75, 3.05) is 5.75 Å². The molecule has 1 fully saturated rings. The van der Waals surface area contributed by atoms with Gasteiger partial charge in [0.1, 0.15) is 0 Å². The topological polar surface area (TPSA) is 59.8 Å². The molecule has 1 aromatic heterocycles. The van der Waals surface area contributed by atoms with Crippen molar-refractivity contribution in [3.63, 3.8) is 0 Å². The average molecular weight is 465 g/mol. The minimum absolute atomic E-state index is 0.0505. The SMILES string of the molecule is CC(C)C(C)NC(=O)CSc1nnc(-c2ccc(Br)cc2)n1C1CCCCC1. The Balaban J connectivity index is 1.80. The molecule has 0 aliphatic heterocycles. The molecule has 1 aliphatic rings. The zero-order chi connectivity index (χ0) is 20.1. The number of aromatic nitrogens is 3. The Morgan fingerprint density at radius 3 is 2.50 bits per heavy atom. The second-order valence-electron chi connectivity index (χ2n) is 7.86. The molecule has 0 spiro atoms. The first-order chi connectivity index (χ1) is 13.5. The lowest BCUT2D eigenvalue weighted by Crippen LogP contribution is -2.37. The summed E-state index contributed by atoms with van der Waals surface area (Å²) in [5.41, 5.74) is 1.06. The second-order valence-corrected chi connectivity index (χ2v) is 9.72. The lowest BCUT2D eigenvalue weighted by Gasteiger charge is -2.25. The number of rotatable bonds is 7. The molecule has 1 amide bonds. The highest BCUT2D eigenvalue weighted by molar-refractivity contribution is 9.10. The molecular formula is C21H29BrN4OS. The lowest BCUT2D eigenvalue weighted by molar-refractivity contribution is -0.119. The molecule has 5 nitrogen and oxygen atoms in total. The van der Waals surface area contributed by atoms with Crippen molar-refractivity contribution in [2.45, 2.75) is 70.1 Å². The smallest absolute Gasteiger partial charge is 0.230 e. The van der Waals surface area contributed by atoms with E-state index < -0.39 is 0 Å². The number of nitrogens with one attached hydrogen (secondary N) is 1. The number of carbonyl (C=O) groups excluding carboxylic acids is 1. The van der Waals surface area contributed by atoms with E-state index in [0.29, 0.717) is 17.7 Å². The summed E-state index contributed by atoms with van der Waals surface area (Å²) >= 11 is 4.99. The van der Waals surface area contributed by atoms with E-state index in [1.165, 1.54) is 31.0 Å². The van der Waals surface area contributed by atoms with Crippen LogP contribution in [0, 0.1) is 5.92 Å². The monoisotopic (exact) mass is 464 g/mol. The van der Waals surface area contributed by atoms with Crippen LogP contribution in [0.4, 0.5) is 0 Å². The van der Waals surface area contributed by atoms with Crippen molar-refractivity contribution in [3.05, 3.63) is 28.7 Å². The summed E-state index contributed by atoms with van der Waals surface area (Å²) in [5.74, 6) is 1.73. The summed E-state index contributed by atoms with van der Waals surface area (Å²) in [6, 6.07) is 8.77. The molecular weight excluding hydrogens is 436 g/mol. The molecule has 0 saturated heterocycles. The zero-order valence-electron chi connectivity index (χ0n) is 16.8. The first kappa shape index (κ1) is 21.4. The largest absolute Gasteiger partial charge is 0.353 e. The molecule has 0 radical (unpaired) electrons. The van der Waals surface area contributed by atoms with Crippen LogP contribution in [0.25, 0.3) is 11.4 Å². The van der Waals surface area contributed by atoms with E-state index in [9.17, 15) is 4.79 Å². The van der Waals surface area contributed by atoms with Gasteiger partial charge in [0.2, 0.25) is 5.91 Å². The van der Waals surface area contributed by atoms with E-state index in [1.54, 1.807) is 0 Å². The van der Waals surface area contributed by atoms with Gasteiger partial charge in [-0.15, -0.1) is 10.2 Å². The fraction of sp³-hybridized carbons (Fsp3) is 0.571. The van der Waals surface area contributed by atoms with Crippen molar-refractivity contribution in [3.8, 4) is 11.4 Å². The fourth-order valence-electron chi connectivity index (χ4n) is 3.43. The summed E-state index contributed by atoms with van der Waals surface area (Å²) in [5, 5.41) is 12.9. The Morgan fingerprint density at radius 1 is 1.18 bits per heavy atom. The number of carbonyl (C=O) groups is 1. The summed E-state index contributed by atoms with van der Waals surface area (Å²) in [7, 11) is 0. The normalized spacial score (nSPS) is 16.3. The molecule has 1 aliphatic carbocycles. The molecule has 1 aromatic carbocycles. The lowest BCUT2D eigenvalue weighted by atomic mass is 9.95. The van der Waals surface area contributed by atoms with Crippen LogP contribution in [0.2, 0.25) is 0 Å². The molecule has 28 heavy (non-hydrogen) atoms. The van der Waals surface area contributed by atoms with Gasteiger partial charge in [-0.05, 0) is 37.8 Å². The van der Waals surface area contributed by atoms with Crippen LogP contribution in [0.1, 0.15) is 58.9 Å². The van der Waals surface area contributed by atoms with Crippen LogP contribution in [-0.4, -0.2) is 32.5 Å². The van der Waals surface area contributed by atoms with Crippen LogP contribution >= 0.6 is 27.7 Å². The number of amides is 1. The van der Waals surface area contributed by atoms with Crippen molar-refractivity contribution < 1.29 is 4.79 Å². The van der Waals surface area contributed by atoms with Crippen LogP contribution in [0.15, 0.2) is 33.9 Å². The highest BCUT2D eigenvalue weighted by Gasteiger charge is 2.24. The minimum Gasteiger partial charge on any atom is -0.353 e. The number of hydrogen-bond donors (Lipinski definition) is 1. The minimum atomic E-state index is 0.0505. The van der Waals surface area contributed by atoms with E-state index in [1.807, 2.05) is 19.1 Å². The maximum atomic E-state index is 12.3. The third-order valence-corrected chi connectivity index (χ3v) is 6.90. The molecule has 152 valence electrons. The van der Waals surface area contributed by atoms with Crippen molar-refractivity contribution in [1.82, 2.24) is 20.1 Å². The number of hydrogen-bond acceptors (Lipinski definition) is 4. The quantitative estimate of drug-likeness (QED) is 0.552. The summed E-state index contributed by atoms with van der Waals surface area (Å²) in [6.45, 7) is 6.27. The molecule has 1 saturated carbocycles. The first-order valence-corrected chi connectivity index (χ1v) is 11.9. The number of halogens is 1. The standard InChI is InChI=1S/C21H29BrN4OS/c1-14(2)15(3)23-19(27)13-28-21-25-24-20(16-9-11-17(22)12-10-16)26(21)18-7-5-4-6-8-18/h9-12,14-15,18H,4-8,13H2,1-3H3,(H,23,27). The van der Waals surface area contributed by atoms with Gasteiger partial charge < -0.3 is 5.32 Å². The van der Waals surface area contributed by atoms with Gasteiger partial charge in [0, 0.05) is 22.1 Å². The predicted octanol–water partition coefficient (Wildman–Crippen LogP) is 5.47. The second kappa shape index (κ2) is 9.92. The molecule has 1 N–H and O–H groups in total. The summed E-state index contributed by atoms with van der Waals surface area (Å²) in [6.07, 6.45) is 6.06. The van der Waals surface area contributed by atoms with Crippen LogP contribution < -0.4 is 5.32 Å². The van der Waals surface area contributed by atoms with E-state index in [2.05, 4.69) is 62.0 Å². The molecule has 0 bridgehead atoms. The van der Waals surface area contributed by atoms with Gasteiger partial charge in [0.15, 0.2) is 11.0 Å². The molecule has 3 rings (SSSR count). The zero-order valence-corrected chi connectivity index (χ0v) is 19.2. The van der Waals surface area contributed by atoms with E-state index >= 15 is 0 Å². The van der Waals surface area contributed by atoms with Crippen molar-refractivity contribution in [2.24, 2.45) is 5.92 Å². The number of thioether (sulfide) groups is 1. The number of nitrogens with zero attached hydrogens (tertiary/aromatic N) is 3. The van der Waals surface area contributed by atoms with E-state index in [4.69, 9.17) is 0 Å². The van der Waals surface area contributed by atoms with Gasteiger partial charge in [-0.3, -0.25) is 9.36 Å².